The second-order valence-electron chi connectivity index (χ2n) is 4.15. The molecule has 1 amide bonds. The summed E-state index contributed by atoms with van der Waals surface area (Å²) in [5.74, 6) is -1.52. The third-order valence-electron chi connectivity index (χ3n) is 2.70. The zero-order valence-corrected chi connectivity index (χ0v) is 10.8. The molecule has 0 bridgehead atoms. The second-order valence-corrected chi connectivity index (χ2v) is 4.15. The van der Waals surface area contributed by atoms with Gasteiger partial charge >= 0.3 is 5.97 Å². The van der Waals surface area contributed by atoms with E-state index in [1.807, 2.05) is 0 Å². The van der Waals surface area contributed by atoms with Crippen molar-refractivity contribution in [1.29, 1.82) is 0 Å². The van der Waals surface area contributed by atoms with Gasteiger partial charge in [-0.15, -0.1) is 0 Å². The Bertz CT molecular complexity index is 426. The molecule has 0 atom stereocenters. The highest BCUT2D eigenvalue weighted by molar-refractivity contribution is 6.03. The molecule has 0 aliphatic carbocycles. The Morgan fingerprint density at radius 2 is 2.11 bits per heavy atom. The number of carboxylic acids is 1. The van der Waals surface area contributed by atoms with Gasteiger partial charge in [0.2, 0.25) is 0 Å². The van der Waals surface area contributed by atoms with Crippen molar-refractivity contribution in [3.8, 4) is 0 Å². The lowest BCUT2D eigenvalue weighted by Gasteiger charge is -2.06. The molecule has 1 aromatic heterocycles. The fourth-order valence-electron chi connectivity index (χ4n) is 1.70. The van der Waals surface area contributed by atoms with Gasteiger partial charge in [-0.3, -0.25) is 9.48 Å². The van der Waals surface area contributed by atoms with Crippen LogP contribution in [0.5, 0.6) is 0 Å². The van der Waals surface area contributed by atoms with Crippen molar-refractivity contribution in [2.45, 2.75) is 32.6 Å². The summed E-state index contributed by atoms with van der Waals surface area (Å²) >= 11 is 0. The Morgan fingerprint density at radius 3 is 2.72 bits per heavy atom. The number of amides is 1. The van der Waals surface area contributed by atoms with Crippen LogP contribution in [0.25, 0.3) is 0 Å². The van der Waals surface area contributed by atoms with E-state index in [0.29, 0.717) is 6.54 Å². The maximum atomic E-state index is 11.8. The minimum absolute atomic E-state index is 0.0661. The monoisotopic (exact) mass is 253 g/mol. The molecule has 6 nitrogen and oxygen atoms in total. The van der Waals surface area contributed by atoms with Crippen molar-refractivity contribution in [1.82, 2.24) is 15.1 Å². The third kappa shape index (κ3) is 3.58. The van der Waals surface area contributed by atoms with Gasteiger partial charge in [0.15, 0.2) is 0 Å². The molecule has 0 fully saturated rings. The van der Waals surface area contributed by atoms with E-state index >= 15 is 0 Å². The molecule has 0 aliphatic rings. The highest BCUT2D eigenvalue weighted by Gasteiger charge is 2.20. The first-order valence-corrected chi connectivity index (χ1v) is 6.11. The van der Waals surface area contributed by atoms with Crippen LogP contribution in [0.2, 0.25) is 0 Å². The predicted molar refractivity (Wildman–Crippen MR) is 66.6 cm³/mol. The number of aromatic carboxylic acids is 1. The van der Waals surface area contributed by atoms with Gasteiger partial charge in [0.05, 0.1) is 6.20 Å². The van der Waals surface area contributed by atoms with Crippen LogP contribution in [-0.4, -0.2) is 33.3 Å². The van der Waals surface area contributed by atoms with E-state index < -0.39 is 5.97 Å². The molecule has 0 saturated heterocycles. The Hall–Kier alpha value is -1.85. The summed E-state index contributed by atoms with van der Waals surface area (Å²) in [4.78, 5) is 22.8. The summed E-state index contributed by atoms with van der Waals surface area (Å²) < 4.78 is 1.28. The molecule has 0 radical (unpaired) electrons. The number of aromatic nitrogens is 2. The minimum Gasteiger partial charge on any atom is -0.478 e. The van der Waals surface area contributed by atoms with Crippen LogP contribution in [0.15, 0.2) is 6.20 Å². The van der Waals surface area contributed by atoms with E-state index in [9.17, 15) is 9.59 Å². The first-order chi connectivity index (χ1) is 8.57. The molecule has 100 valence electrons. The number of hydrogen-bond donors (Lipinski definition) is 2. The molecule has 6 heteroatoms. The number of aryl methyl sites for hydroxylation is 1. The highest BCUT2D eigenvalue weighted by atomic mass is 16.4. The van der Waals surface area contributed by atoms with Gasteiger partial charge in [-0.1, -0.05) is 26.2 Å². The lowest BCUT2D eigenvalue weighted by molar-refractivity contribution is 0.0690. The number of carboxylic acid groups (broad SMARTS) is 1. The van der Waals surface area contributed by atoms with Crippen LogP contribution in [0.3, 0.4) is 0 Å². The number of carbonyl (C=O) groups is 2. The average Bonchev–Trinajstić information content (AvgIpc) is 2.71. The Balaban J connectivity index is 2.56. The van der Waals surface area contributed by atoms with Gasteiger partial charge in [-0.25, -0.2) is 4.79 Å². The van der Waals surface area contributed by atoms with Crippen LogP contribution < -0.4 is 5.32 Å². The molecule has 18 heavy (non-hydrogen) atoms. The van der Waals surface area contributed by atoms with Gasteiger partial charge in [-0.2, -0.15) is 5.10 Å². The maximum Gasteiger partial charge on any atom is 0.339 e. The predicted octanol–water partition coefficient (Wildman–Crippen LogP) is 1.43. The van der Waals surface area contributed by atoms with Crippen LogP contribution in [0, 0.1) is 0 Å². The number of nitrogens with zero attached hydrogens (tertiary/aromatic N) is 2. The summed E-state index contributed by atoms with van der Waals surface area (Å²) in [5, 5.41) is 15.4. The number of unbranched alkanes of at least 4 members (excludes halogenated alkanes) is 3. The van der Waals surface area contributed by atoms with E-state index in [1.54, 1.807) is 7.05 Å². The topological polar surface area (TPSA) is 84.2 Å². The molecule has 2 N–H and O–H groups in total. The quantitative estimate of drug-likeness (QED) is 0.720. The summed E-state index contributed by atoms with van der Waals surface area (Å²) in [5.41, 5.74) is 0.0292. The number of rotatable bonds is 7. The van der Waals surface area contributed by atoms with Crippen molar-refractivity contribution in [2.24, 2.45) is 7.05 Å². The second kappa shape index (κ2) is 6.78. The van der Waals surface area contributed by atoms with E-state index in [4.69, 9.17) is 5.11 Å². The Labute approximate surface area is 106 Å². The molecule has 0 saturated carbocycles. The molecule has 0 aliphatic heterocycles. The summed E-state index contributed by atoms with van der Waals surface area (Å²) in [7, 11) is 1.55. The van der Waals surface area contributed by atoms with E-state index in [1.165, 1.54) is 10.9 Å². The zero-order chi connectivity index (χ0) is 13.5. The first-order valence-electron chi connectivity index (χ1n) is 6.11. The van der Waals surface area contributed by atoms with Crippen LogP contribution >= 0.6 is 0 Å². The average molecular weight is 253 g/mol. The van der Waals surface area contributed by atoms with E-state index in [-0.39, 0.29) is 17.2 Å². The van der Waals surface area contributed by atoms with Crippen molar-refractivity contribution in [2.75, 3.05) is 6.54 Å². The third-order valence-corrected chi connectivity index (χ3v) is 2.70. The molecular formula is C12H19N3O3. The zero-order valence-electron chi connectivity index (χ0n) is 10.8. The molecular weight excluding hydrogens is 234 g/mol. The van der Waals surface area contributed by atoms with Crippen LogP contribution in [0.1, 0.15) is 53.5 Å². The van der Waals surface area contributed by atoms with Crippen LogP contribution in [-0.2, 0) is 7.05 Å². The Morgan fingerprint density at radius 1 is 1.39 bits per heavy atom. The lowest BCUT2D eigenvalue weighted by Crippen LogP contribution is -2.28. The first kappa shape index (κ1) is 14.2. The fraction of sp³-hybridized carbons (Fsp3) is 0.583. The standard InChI is InChI=1S/C12H19N3O3/c1-3-4-5-6-7-13-11(16)10-9(12(17)18)8-14-15(10)2/h8H,3-7H2,1-2H3,(H,13,16)(H,17,18). The smallest absolute Gasteiger partial charge is 0.339 e. The SMILES string of the molecule is CCCCCCNC(=O)c1c(C(=O)O)cnn1C. The lowest BCUT2D eigenvalue weighted by atomic mass is 10.2. The summed E-state index contributed by atoms with van der Waals surface area (Å²) in [6.07, 6.45) is 5.43. The molecule has 1 heterocycles. The molecule has 1 aromatic rings. The van der Waals surface area contributed by atoms with Gasteiger partial charge in [0, 0.05) is 13.6 Å². The maximum absolute atomic E-state index is 11.8. The van der Waals surface area contributed by atoms with E-state index in [2.05, 4.69) is 17.3 Å². The van der Waals surface area contributed by atoms with E-state index in [0.717, 1.165) is 25.7 Å². The molecule has 0 unspecified atom stereocenters. The van der Waals surface area contributed by atoms with Gasteiger partial charge < -0.3 is 10.4 Å². The molecule has 1 rings (SSSR count). The van der Waals surface area contributed by atoms with Gasteiger partial charge in [0.1, 0.15) is 11.3 Å². The number of hydrogen-bond acceptors (Lipinski definition) is 3. The number of carbonyl (C=O) groups excluding carboxylic acids is 1. The van der Waals surface area contributed by atoms with Crippen molar-refractivity contribution in [3.05, 3.63) is 17.5 Å². The minimum atomic E-state index is -1.14. The van der Waals surface area contributed by atoms with Crippen molar-refractivity contribution in [3.63, 3.8) is 0 Å². The normalized spacial score (nSPS) is 10.3. The van der Waals surface area contributed by atoms with Gasteiger partial charge in [-0.05, 0) is 6.42 Å². The van der Waals surface area contributed by atoms with Crippen molar-refractivity contribution < 1.29 is 14.7 Å². The van der Waals surface area contributed by atoms with Gasteiger partial charge in [0.25, 0.3) is 5.91 Å². The summed E-state index contributed by atoms with van der Waals surface area (Å²) in [6, 6.07) is 0. The molecule has 0 aromatic carbocycles. The molecule has 0 spiro atoms. The van der Waals surface area contributed by atoms with Crippen LogP contribution in [0.4, 0.5) is 0 Å². The van der Waals surface area contributed by atoms with Crippen molar-refractivity contribution >= 4 is 11.9 Å². The highest BCUT2D eigenvalue weighted by Crippen LogP contribution is 2.07. The fourth-order valence-corrected chi connectivity index (χ4v) is 1.70. The Kier molecular flexibility index (Phi) is 5.35. The number of nitrogens with one attached hydrogen (secondary N) is 1. The summed E-state index contributed by atoms with van der Waals surface area (Å²) in [6.45, 7) is 2.68. The largest absolute Gasteiger partial charge is 0.478 e.